The van der Waals surface area contributed by atoms with Gasteiger partial charge in [0.25, 0.3) is 0 Å². The van der Waals surface area contributed by atoms with Crippen LogP contribution in [0.2, 0.25) is 0 Å². The Morgan fingerprint density at radius 3 is 2.53 bits per heavy atom. The smallest absolute Gasteiger partial charge is 0.308 e. The summed E-state index contributed by atoms with van der Waals surface area (Å²) in [5.74, 6) is -6.20. The van der Waals surface area contributed by atoms with E-state index in [0.717, 1.165) is 116 Å². The van der Waals surface area contributed by atoms with Gasteiger partial charge in [-0.3, -0.25) is 4.79 Å². The van der Waals surface area contributed by atoms with Gasteiger partial charge in [-0.25, -0.2) is 0 Å². The Bertz CT molecular complexity index is 2350. The van der Waals surface area contributed by atoms with Crippen LogP contribution in [0.4, 0.5) is 0 Å². The maximum absolute atomic E-state index is 14.0. The number of aromatic hydroxyl groups is 1. The number of rotatable bonds is 19. The molecule has 1 fully saturated rings. The molecule has 9 nitrogen and oxygen atoms in total. The number of carboxylic acid groups (broad SMARTS) is 1. The Morgan fingerprint density at radius 1 is 0.924 bits per heavy atom. The zero-order chi connectivity index (χ0) is 46.8. The van der Waals surface area contributed by atoms with Gasteiger partial charge < -0.3 is 40.9 Å². The van der Waals surface area contributed by atoms with E-state index < -0.39 is 41.3 Å². The summed E-state index contributed by atoms with van der Waals surface area (Å²) in [6.07, 6.45) is 22.6. The average molecular weight is 900 g/mol. The maximum Gasteiger partial charge on any atom is 0.308 e. The SMILES string of the molecule is CCCCCc1cc([C@H]2Cc3cccc(c3)[C@@]3(CC[C@@H]4C=c5ccccc5=C(O)[C@@H]4C3)[C@@H](C(=O)O)[C@H](C(O)(O)CC=O)/C=C/C[C@H]2CCCCC[C@H](C=O)[C@@H]2C=C(CCN)CC2)ccc1O. The molecule has 0 amide bonds. The lowest BCUT2D eigenvalue weighted by Gasteiger charge is -2.51. The molecule has 9 heteroatoms. The molecule has 0 aromatic heterocycles. The summed E-state index contributed by atoms with van der Waals surface area (Å²) in [7, 11) is 0. The molecule has 2 bridgehead atoms. The summed E-state index contributed by atoms with van der Waals surface area (Å²) < 4.78 is 0. The lowest BCUT2D eigenvalue weighted by atomic mass is 9.52. The standard InChI is InChI=1S/C57H73NO8/c1-2-3-5-15-45-35-43(23-24-52(45)61)49-33-39-12-10-18-47(32-39)56(27-25-44-34-42-14-8-9-19-48(42)54(62)50(44)36-56)53(55(63)64)51(57(65,66)28-30-59)20-11-17-40(49)13-6-4-7-16-46(37-60)41-22-21-38(31-41)26-29-58/h8-12,14,18-20,23-24,30-32,34-35,37,40-41,44,46,49-51,53,61-62,65-66H,2-7,13,15-17,21-22,25-29,33,36,58H2,1H3,(H,63,64)/b20-11+/t40-,41+,44-,46-,49+,50-,51-,53-,56+/m1/s1. The van der Waals surface area contributed by atoms with Crippen molar-refractivity contribution in [3.05, 3.63) is 123 Å². The number of carbonyl (C=O) groups excluding carboxylic acids is 2. The highest BCUT2D eigenvalue weighted by Crippen LogP contribution is 2.55. The first-order valence-electron chi connectivity index (χ1n) is 25.0. The molecule has 9 atom stereocenters. The molecule has 354 valence electrons. The van der Waals surface area contributed by atoms with Crippen LogP contribution < -0.4 is 16.2 Å². The van der Waals surface area contributed by atoms with Crippen LogP contribution in [0, 0.1) is 41.4 Å². The first kappa shape index (κ1) is 49.1. The number of aldehydes is 2. The van der Waals surface area contributed by atoms with E-state index in [1.165, 1.54) is 5.57 Å². The second kappa shape index (κ2) is 22.3. The number of aliphatic hydroxyl groups excluding tert-OH is 1. The quantitative estimate of drug-likeness (QED) is 0.0297. The number of aliphatic carboxylic acids is 1. The number of nitrogens with two attached hydrogens (primary N) is 1. The Kier molecular flexibility index (Phi) is 16.6. The van der Waals surface area contributed by atoms with Gasteiger partial charge in [-0.2, -0.15) is 0 Å². The summed E-state index contributed by atoms with van der Waals surface area (Å²) in [6, 6.07) is 21.9. The first-order chi connectivity index (χ1) is 31.9. The lowest BCUT2D eigenvalue weighted by Crippen LogP contribution is -2.55. The highest BCUT2D eigenvalue weighted by molar-refractivity contribution is 5.74. The molecule has 3 aromatic rings. The number of hydrogen-bond donors (Lipinski definition) is 6. The number of aliphatic hydroxyl groups is 3. The molecule has 1 saturated carbocycles. The number of carboxylic acids is 1. The molecular formula is C57H73NO8. The van der Waals surface area contributed by atoms with Crippen LogP contribution in [0.1, 0.15) is 138 Å². The number of phenolic OH excluding ortho intramolecular Hbond substituents is 1. The first-order valence-corrected chi connectivity index (χ1v) is 25.0. The highest BCUT2D eigenvalue weighted by Gasteiger charge is 2.56. The molecule has 0 radical (unpaired) electrons. The van der Waals surface area contributed by atoms with Gasteiger partial charge in [-0.15, -0.1) is 0 Å². The molecular weight excluding hydrogens is 827 g/mol. The number of phenols is 1. The van der Waals surface area contributed by atoms with Crippen LogP contribution in [0.3, 0.4) is 0 Å². The van der Waals surface area contributed by atoms with E-state index >= 15 is 0 Å². The van der Waals surface area contributed by atoms with E-state index in [2.05, 4.69) is 37.3 Å². The van der Waals surface area contributed by atoms with Crippen molar-refractivity contribution in [1.29, 1.82) is 0 Å². The predicted molar refractivity (Wildman–Crippen MR) is 260 cm³/mol. The van der Waals surface area contributed by atoms with Crippen molar-refractivity contribution in [3.63, 3.8) is 0 Å². The minimum absolute atomic E-state index is 0.00705. The van der Waals surface area contributed by atoms with E-state index in [-0.39, 0.29) is 41.8 Å². The van der Waals surface area contributed by atoms with Crippen LogP contribution in [0.15, 0.2) is 90.5 Å². The highest BCUT2D eigenvalue weighted by atomic mass is 16.5. The third-order valence-corrected chi connectivity index (χ3v) is 16.1. The molecule has 3 aromatic carbocycles. The summed E-state index contributed by atoms with van der Waals surface area (Å²) in [5.41, 5.74) is 9.88. The second-order valence-electron chi connectivity index (χ2n) is 20.2. The average Bonchev–Trinajstić information content (AvgIpc) is 3.77. The summed E-state index contributed by atoms with van der Waals surface area (Å²) in [4.78, 5) is 38.5. The Balaban J connectivity index is 1.28. The molecule has 66 heavy (non-hydrogen) atoms. The van der Waals surface area contributed by atoms with Crippen LogP contribution in [-0.2, 0) is 32.6 Å². The molecule has 7 rings (SSSR count). The van der Waals surface area contributed by atoms with E-state index in [4.69, 9.17) is 5.73 Å². The van der Waals surface area contributed by atoms with E-state index in [9.17, 15) is 39.9 Å². The van der Waals surface area contributed by atoms with Gasteiger partial charge in [0, 0.05) is 28.4 Å². The summed E-state index contributed by atoms with van der Waals surface area (Å²) in [6.45, 7) is 2.79. The number of allylic oxidation sites excluding steroid dienone is 2. The van der Waals surface area contributed by atoms with Crippen molar-refractivity contribution in [3.8, 4) is 5.75 Å². The minimum Gasteiger partial charge on any atom is -0.511 e. The Hall–Kier alpha value is -4.83. The fraction of sp³-hybridized carbons (Fsp3) is 0.526. The van der Waals surface area contributed by atoms with Crippen molar-refractivity contribution in [2.24, 2.45) is 47.2 Å². The van der Waals surface area contributed by atoms with Crippen LogP contribution in [0.5, 0.6) is 5.75 Å². The van der Waals surface area contributed by atoms with Crippen molar-refractivity contribution in [2.75, 3.05) is 6.54 Å². The Labute approximate surface area is 391 Å². The normalized spacial score (nSPS) is 27.3. The molecule has 1 spiro atoms. The van der Waals surface area contributed by atoms with Gasteiger partial charge >= 0.3 is 5.97 Å². The third kappa shape index (κ3) is 11.0. The zero-order valence-corrected chi connectivity index (χ0v) is 38.9. The summed E-state index contributed by atoms with van der Waals surface area (Å²) >= 11 is 0. The van der Waals surface area contributed by atoms with E-state index in [1.54, 1.807) is 6.08 Å². The fourth-order valence-electron chi connectivity index (χ4n) is 12.5. The molecule has 0 unspecified atom stereocenters. The molecule has 0 heterocycles. The number of fused-ring (bicyclic) bond motifs is 5. The molecule has 4 aliphatic carbocycles. The van der Waals surface area contributed by atoms with E-state index in [1.807, 2.05) is 54.6 Å². The zero-order valence-electron chi connectivity index (χ0n) is 38.9. The lowest BCUT2D eigenvalue weighted by molar-refractivity contribution is -0.212. The van der Waals surface area contributed by atoms with Gasteiger partial charge in [0.1, 0.15) is 24.1 Å². The third-order valence-electron chi connectivity index (χ3n) is 16.1. The van der Waals surface area contributed by atoms with Gasteiger partial charge in [-0.1, -0.05) is 130 Å². The monoisotopic (exact) mass is 900 g/mol. The number of unbranched alkanes of at least 4 members (excludes halogenated alkanes) is 4. The summed E-state index contributed by atoms with van der Waals surface area (Å²) in [5, 5.41) is 59.9. The van der Waals surface area contributed by atoms with Gasteiger partial charge in [0.15, 0.2) is 5.79 Å². The molecule has 0 aliphatic heterocycles. The van der Waals surface area contributed by atoms with Crippen molar-refractivity contribution >= 4 is 30.4 Å². The Morgan fingerprint density at radius 2 is 1.76 bits per heavy atom. The molecule has 4 aliphatic rings. The number of benzene rings is 3. The van der Waals surface area contributed by atoms with E-state index in [0.29, 0.717) is 44.3 Å². The van der Waals surface area contributed by atoms with Gasteiger partial charge in [0.05, 0.1) is 12.3 Å². The van der Waals surface area contributed by atoms with Crippen molar-refractivity contribution < 1.29 is 39.9 Å². The second-order valence-corrected chi connectivity index (χ2v) is 20.2. The van der Waals surface area contributed by atoms with Crippen molar-refractivity contribution in [2.45, 2.75) is 140 Å². The largest absolute Gasteiger partial charge is 0.511 e. The predicted octanol–water partition coefficient (Wildman–Crippen LogP) is 8.88. The topological polar surface area (TPSA) is 178 Å². The van der Waals surface area contributed by atoms with Gasteiger partial charge in [-0.05, 0) is 141 Å². The number of aryl methyl sites for hydroxylation is 1. The molecule has 0 saturated heterocycles. The number of hydrogen-bond acceptors (Lipinski definition) is 8. The van der Waals surface area contributed by atoms with Crippen LogP contribution >= 0.6 is 0 Å². The van der Waals surface area contributed by atoms with Crippen LogP contribution in [-0.4, -0.2) is 56.4 Å². The van der Waals surface area contributed by atoms with Gasteiger partial charge in [0.2, 0.25) is 0 Å². The minimum atomic E-state index is -2.67. The maximum atomic E-state index is 14.0. The van der Waals surface area contributed by atoms with Crippen LogP contribution in [0.25, 0.3) is 11.8 Å². The fourth-order valence-corrected chi connectivity index (χ4v) is 12.5. The van der Waals surface area contributed by atoms with Crippen molar-refractivity contribution in [1.82, 2.24) is 0 Å². The number of carbonyl (C=O) groups is 3. The molecule has 7 N–H and O–H groups in total.